The highest BCUT2D eigenvalue weighted by Gasteiger charge is 2.28. The first-order chi connectivity index (χ1) is 8.50. The van der Waals surface area contributed by atoms with Gasteiger partial charge in [-0.25, -0.2) is 9.69 Å². The molecule has 0 bridgehead atoms. The molecule has 1 aliphatic heterocycles. The van der Waals surface area contributed by atoms with Crippen LogP contribution in [0.3, 0.4) is 0 Å². The Morgan fingerprint density at radius 3 is 2.44 bits per heavy atom. The van der Waals surface area contributed by atoms with Crippen molar-refractivity contribution in [3.8, 4) is 0 Å². The summed E-state index contributed by atoms with van der Waals surface area (Å²) in [6.07, 6.45) is 0. The maximum absolute atomic E-state index is 11.6. The molecule has 7 heteroatoms. The van der Waals surface area contributed by atoms with E-state index in [0.717, 1.165) is 4.90 Å². The Bertz CT molecular complexity index is 526. The highest BCUT2D eigenvalue weighted by Crippen LogP contribution is 2.24. The first kappa shape index (κ1) is 12.5. The molecule has 2 amide bonds. The summed E-state index contributed by atoms with van der Waals surface area (Å²) < 4.78 is 4.76. The average molecular weight is 270 g/mol. The van der Waals surface area contributed by atoms with E-state index in [1.54, 1.807) is 0 Å². The Kier molecular flexibility index (Phi) is 3.31. The standard InChI is InChI=1S/C11H8ClNO5/c12-8-2-1-6(3-7(8)11(16)17)13-9(14)4-18-5-10(13)15/h1-3H,4-5H2,(H,16,17). The smallest absolute Gasteiger partial charge is 0.337 e. The van der Waals surface area contributed by atoms with Crippen LogP contribution in [-0.4, -0.2) is 36.1 Å². The fraction of sp³-hybridized carbons (Fsp3) is 0.182. The topological polar surface area (TPSA) is 83.9 Å². The molecule has 0 aromatic heterocycles. The fourth-order valence-electron chi connectivity index (χ4n) is 1.60. The van der Waals surface area contributed by atoms with Crippen LogP contribution in [0.2, 0.25) is 5.02 Å². The zero-order chi connectivity index (χ0) is 13.3. The summed E-state index contributed by atoms with van der Waals surface area (Å²) in [6, 6.07) is 3.93. The van der Waals surface area contributed by atoms with Crippen molar-refractivity contribution in [2.24, 2.45) is 0 Å². The van der Waals surface area contributed by atoms with Gasteiger partial charge in [-0.2, -0.15) is 0 Å². The molecule has 0 radical (unpaired) electrons. The van der Waals surface area contributed by atoms with Gasteiger partial charge >= 0.3 is 5.97 Å². The molecule has 0 aliphatic carbocycles. The van der Waals surface area contributed by atoms with Crippen LogP contribution in [0, 0.1) is 0 Å². The summed E-state index contributed by atoms with van der Waals surface area (Å²) in [4.78, 5) is 35.0. The predicted molar refractivity (Wildman–Crippen MR) is 61.7 cm³/mol. The number of morpholine rings is 1. The average Bonchev–Trinajstić information content (AvgIpc) is 2.30. The van der Waals surface area contributed by atoms with Crippen LogP contribution in [0.25, 0.3) is 0 Å². The van der Waals surface area contributed by atoms with Gasteiger partial charge in [-0.1, -0.05) is 11.6 Å². The van der Waals surface area contributed by atoms with Crippen molar-refractivity contribution in [2.75, 3.05) is 18.1 Å². The largest absolute Gasteiger partial charge is 0.478 e. The second-order valence-corrected chi connectivity index (χ2v) is 3.99. The molecule has 0 spiro atoms. The Balaban J connectivity index is 2.44. The SMILES string of the molecule is O=C(O)c1cc(N2C(=O)COCC2=O)ccc1Cl. The van der Waals surface area contributed by atoms with E-state index in [1.165, 1.54) is 18.2 Å². The summed E-state index contributed by atoms with van der Waals surface area (Å²) in [7, 11) is 0. The van der Waals surface area contributed by atoms with E-state index in [4.69, 9.17) is 21.4 Å². The molecule has 1 fully saturated rings. The maximum atomic E-state index is 11.6. The molecular weight excluding hydrogens is 262 g/mol. The van der Waals surface area contributed by atoms with Crippen LogP contribution in [0.15, 0.2) is 18.2 Å². The lowest BCUT2D eigenvalue weighted by Crippen LogP contribution is -2.46. The maximum Gasteiger partial charge on any atom is 0.337 e. The molecule has 1 saturated heterocycles. The number of hydrogen-bond acceptors (Lipinski definition) is 4. The number of carboxylic acid groups (broad SMARTS) is 1. The number of rotatable bonds is 2. The van der Waals surface area contributed by atoms with Gasteiger partial charge in [-0.15, -0.1) is 0 Å². The van der Waals surface area contributed by atoms with Crippen LogP contribution in [0.5, 0.6) is 0 Å². The van der Waals surface area contributed by atoms with Crippen LogP contribution in [0.4, 0.5) is 5.69 Å². The number of halogens is 1. The molecule has 2 rings (SSSR count). The second-order valence-electron chi connectivity index (χ2n) is 3.58. The normalized spacial score (nSPS) is 15.9. The van der Waals surface area contributed by atoms with Crippen molar-refractivity contribution in [2.45, 2.75) is 0 Å². The molecule has 0 atom stereocenters. The number of amides is 2. The zero-order valence-electron chi connectivity index (χ0n) is 9.05. The number of ether oxygens (including phenoxy) is 1. The van der Waals surface area contributed by atoms with Crippen molar-refractivity contribution in [1.82, 2.24) is 0 Å². The van der Waals surface area contributed by atoms with Gasteiger partial charge in [0.2, 0.25) is 0 Å². The number of aromatic carboxylic acids is 1. The van der Waals surface area contributed by atoms with Gasteiger partial charge in [0.1, 0.15) is 13.2 Å². The van der Waals surface area contributed by atoms with E-state index in [0.29, 0.717) is 0 Å². The molecule has 1 aromatic rings. The number of anilines is 1. The number of nitrogens with zero attached hydrogens (tertiary/aromatic N) is 1. The van der Waals surface area contributed by atoms with Gasteiger partial charge in [0, 0.05) is 0 Å². The predicted octanol–water partition coefficient (Wildman–Crippen LogP) is 0.928. The van der Waals surface area contributed by atoms with Crippen molar-refractivity contribution < 1.29 is 24.2 Å². The minimum Gasteiger partial charge on any atom is -0.478 e. The number of benzene rings is 1. The highest BCUT2D eigenvalue weighted by molar-refractivity contribution is 6.33. The van der Waals surface area contributed by atoms with Crippen molar-refractivity contribution in [1.29, 1.82) is 0 Å². The Morgan fingerprint density at radius 1 is 1.28 bits per heavy atom. The summed E-state index contributed by atoms with van der Waals surface area (Å²) in [5.74, 6) is -2.30. The molecule has 0 unspecified atom stereocenters. The monoisotopic (exact) mass is 269 g/mol. The van der Waals surface area contributed by atoms with Gasteiger partial charge < -0.3 is 9.84 Å². The first-order valence-electron chi connectivity index (χ1n) is 4.97. The van der Waals surface area contributed by atoms with Crippen molar-refractivity contribution in [3.63, 3.8) is 0 Å². The minimum atomic E-state index is -1.23. The van der Waals surface area contributed by atoms with E-state index in [2.05, 4.69) is 0 Å². The van der Waals surface area contributed by atoms with Gasteiger partial charge in [0.15, 0.2) is 0 Å². The third-order valence-corrected chi connectivity index (χ3v) is 2.72. The quantitative estimate of drug-likeness (QED) is 0.808. The van der Waals surface area contributed by atoms with E-state index in [1.807, 2.05) is 0 Å². The third kappa shape index (κ3) is 2.20. The Morgan fingerprint density at radius 2 is 1.89 bits per heavy atom. The highest BCUT2D eigenvalue weighted by atomic mass is 35.5. The number of imide groups is 1. The van der Waals surface area contributed by atoms with Crippen molar-refractivity contribution >= 4 is 35.1 Å². The summed E-state index contributed by atoms with van der Waals surface area (Å²) in [6.45, 7) is -0.423. The van der Waals surface area contributed by atoms with Gasteiger partial charge in [0.25, 0.3) is 11.8 Å². The van der Waals surface area contributed by atoms with E-state index in [-0.39, 0.29) is 29.5 Å². The lowest BCUT2D eigenvalue weighted by atomic mass is 10.1. The first-order valence-corrected chi connectivity index (χ1v) is 5.35. The van der Waals surface area contributed by atoms with E-state index in [9.17, 15) is 14.4 Å². The number of hydrogen-bond donors (Lipinski definition) is 1. The van der Waals surface area contributed by atoms with Crippen LogP contribution in [0.1, 0.15) is 10.4 Å². The summed E-state index contributed by atoms with van der Waals surface area (Å²) >= 11 is 5.71. The molecular formula is C11H8ClNO5. The molecule has 1 heterocycles. The van der Waals surface area contributed by atoms with E-state index < -0.39 is 17.8 Å². The Hall–Kier alpha value is -1.92. The molecule has 1 aromatic carbocycles. The van der Waals surface area contributed by atoms with Gasteiger partial charge in [0.05, 0.1) is 16.3 Å². The molecule has 94 valence electrons. The van der Waals surface area contributed by atoms with E-state index >= 15 is 0 Å². The number of carboxylic acids is 1. The van der Waals surface area contributed by atoms with Gasteiger partial charge in [-0.05, 0) is 18.2 Å². The second kappa shape index (κ2) is 4.75. The number of carbonyl (C=O) groups excluding carboxylic acids is 2. The third-order valence-electron chi connectivity index (χ3n) is 2.39. The molecule has 18 heavy (non-hydrogen) atoms. The summed E-state index contributed by atoms with van der Waals surface area (Å²) in [5, 5.41) is 8.96. The van der Waals surface area contributed by atoms with Crippen LogP contribution < -0.4 is 4.90 Å². The lowest BCUT2D eigenvalue weighted by Gasteiger charge is -2.25. The Labute approximate surface area is 107 Å². The fourth-order valence-corrected chi connectivity index (χ4v) is 1.80. The van der Waals surface area contributed by atoms with Crippen LogP contribution >= 0.6 is 11.6 Å². The lowest BCUT2D eigenvalue weighted by molar-refractivity contribution is -0.138. The minimum absolute atomic E-state index is 0.0411. The number of carbonyl (C=O) groups is 3. The van der Waals surface area contributed by atoms with Crippen LogP contribution in [-0.2, 0) is 14.3 Å². The molecule has 6 nitrogen and oxygen atoms in total. The summed E-state index contributed by atoms with van der Waals surface area (Å²) in [5.41, 5.74) is 0.0105. The molecule has 0 saturated carbocycles. The van der Waals surface area contributed by atoms with Gasteiger partial charge in [-0.3, -0.25) is 9.59 Å². The van der Waals surface area contributed by atoms with Crippen molar-refractivity contribution in [3.05, 3.63) is 28.8 Å². The molecule has 1 N–H and O–H groups in total. The molecule has 1 aliphatic rings. The zero-order valence-corrected chi connectivity index (χ0v) is 9.81.